The van der Waals surface area contributed by atoms with Crippen molar-refractivity contribution in [3.63, 3.8) is 0 Å². The predicted molar refractivity (Wildman–Crippen MR) is 77.3 cm³/mol. The number of benzene rings is 1. The highest BCUT2D eigenvalue weighted by molar-refractivity contribution is 5.66. The number of hydrogen-bond donors (Lipinski definition) is 1. The van der Waals surface area contributed by atoms with E-state index in [1.54, 1.807) is 0 Å². The molecule has 2 aromatic rings. The molecule has 1 aromatic carbocycles. The van der Waals surface area contributed by atoms with Crippen LogP contribution < -0.4 is 10.2 Å². The minimum atomic E-state index is -1.47. The molecule has 0 saturated carbocycles. The maximum atomic E-state index is 13.6. The zero-order chi connectivity index (χ0) is 16.1. The van der Waals surface area contributed by atoms with Gasteiger partial charge in [0.05, 0.1) is 11.7 Å². The van der Waals surface area contributed by atoms with Gasteiger partial charge >= 0.3 is 0 Å². The molecule has 2 aliphatic heterocycles. The van der Waals surface area contributed by atoms with Crippen LogP contribution in [0, 0.1) is 17.5 Å². The molecule has 1 aromatic heterocycles. The Morgan fingerprint density at radius 2 is 1.96 bits per heavy atom. The van der Waals surface area contributed by atoms with E-state index in [1.165, 1.54) is 12.0 Å². The first kappa shape index (κ1) is 14.6. The van der Waals surface area contributed by atoms with E-state index >= 15 is 0 Å². The Kier molecular flexibility index (Phi) is 3.33. The van der Waals surface area contributed by atoms with Gasteiger partial charge in [0.1, 0.15) is 12.8 Å². The number of piperidine rings is 1. The van der Waals surface area contributed by atoms with E-state index in [-0.39, 0.29) is 11.6 Å². The van der Waals surface area contributed by atoms with Gasteiger partial charge in [-0.3, -0.25) is 0 Å². The van der Waals surface area contributed by atoms with E-state index in [2.05, 4.69) is 10.4 Å². The molecule has 1 fully saturated rings. The molecule has 7 heteroatoms. The van der Waals surface area contributed by atoms with Crippen LogP contribution in [0.2, 0.25) is 0 Å². The van der Waals surface area contributed by atoms with E-state index in [0.29, 0.717) is 18.2 Å². The van der Waals surface area contributed by atoms with Gasteiger partial charge in [-0.15, -0.1) is 5.10 Å². The topological polar surface area (TPSA) is 39.1 Å². The molecule has 122 valence electrons. The molecule has 1 saturated heterocycles. The van der Waals surface area contributed by atoms with Crippen LogP contribution in [0.3, 0.4) is 0 Å². The lowest BCUT2D eigenvalue weighted by Gasteiger charge is -2.35. The van der Waals surface area contributed by atoms with Gasteiger partial charge in [0.2, 0.25) is 0 Å². The smallest absolute Gasteiger partial charge is 0.194 e. The molecule has 0 unspecified atom stereocenters. The van der Waals surface area contributed by atoms with Gasteiger partial charge in [-0.1, -0.05) is 4.85 Å². The first-order chi connectivity index (χ1) is 11.1. The summed E-state index contributed by atoms with van der Waals surface area (Å²) in [4.78, 5) is 6.53. The third kappa shape index (κ3) is 2.22. The Labute approximate surface area is 131 Å². The van der Waals surface area contributed by atoms with Crippen LogP contribution in [0.1, 0.15) is 36.6 Å². The average molecular weight is 323 g/mol. The fourth-order valence-electron chi connectivity index (χ4n) is 3.68. The van der Waals surface area contributed by atoms with Crippen LogP contribution in [-0.2, 0) is 6.42 Å². The van der Waals surface area contributed by atoms with E-state index in [4.69, 9.17) is 4.84 Å². The Balaban J connectivity index is 1.91. The first-order valence-electron chi connectivity index (χ1n) is 7.65. The van der Waals surface area contributed by atoms with Gasteiger partial charge < -0.3 is 10.2 Å². The van der Waals surface area contributed by atoms with Crippen molar-refractivity contribution >= 4 is 0 Å². The van der Waals surface area contributed by atoms with Gasteiger partial charge in [0.25, 0.3) is 0 Å². The maximum absolute atomic E-state index is 13.6. The van der Waals surface area contributed by atoms with Crippen LogP contribution in [0.25, 0.3) is 11.3 Å². The van der Waals surface area contributed by atoms with E-state index in [0.717, 1.165) is 42.7 Å². The van der Waals surface area contributed by atoms with Crippen molar-refractivity contribution in [2.45, 2.75) is 37.8 Å². The molecule has 0 amide bonds. The quantitative estimate of drug-likeness (QED) is 0.864. The van der Waals surface area contributed by atoms with Gasteiger partial charge in [0, 0.05) is 17.2 Å². The summed E-state index contributed by atoms with van der Waals surface area (Å²) in [5.41, 5.74) is 2.50. The van der Waals surface area contributed by atoms with Gasteiger partial charge in [-0.05, 0) is 37.8 Å². The second-order valence-corrected chi connectivity index (χ2v) is 6.07. The lowest BCUT2D eigenvalue weighted by molar-refractivity contribution is 0.135. The van der Waals surface area contributed by atoms with Crippen LogP contribution in [0.5, 0.6) is 0 Å². The number of fused-ring (bicyclic) bond motifs is 4. The van der Waals surface area contributed by atoms with Crippen molar-refractivity contribution in [3.8, 4) is 11.3 Å². The molecule has 2 aliphatic rings. The molecule has 4 rings (SSSR count). The average Bonchev–Trinajstić information content (AvgIpc) is 2.91. The standard InChI is InChI=1S/C16H16F3N3O/c1-23-22-16(8-5-11(17)14(19)12(18)6-8)10-7-9-3-2-4-13(20-9)15(10)21-22/h5-6,9,13,20H,2-4,7H2,1H3/t9-,13+/m1/s1. The van der Waals surface area contributed by atoms with Crippen LogP contribution >= 0.6 is 0 Å². The molecule has 0 aliphatic carbocycles. The summed E-state index contributed by atoms with van der Waals surface area (Å²) in [6, 6.07) is 2.43. The third-order valence-corrected chi connectivity index (χ3v) is 4.68. The minimum Gasteiger partial charge on any atom is -0.399 e. The summed E-state index contributed by atoms with van der Waals surface area (Å²) in [6.07, 6.45) is 3.86. The Hall–Kier alpha value is -2.02. The highest BCUT2D eigenvalue weighted by atomic mass is 19.2. The lowest BCUT2D eigenvalue weighted by Crippen LogP contribution is -2.42. The number of halogens is 3. The first-order valence-corrected chi connectivity index (χ1v) is 7.65. The largest absolute Gasteiger partial charge is 0.399 e. The molecule has 2 atom stereocenters. The number of nitrogens with zero attached hydrogens (tertiary/aromatic N) is 2. The van der Waals surface area contributed by atoms with Crippen molar-refractivity contribution in [2.75, 3.05) is 7.11 Å². The Morgan fingerprint density at radius 1 is 1.22 bits per heavy atom. The molecule has 1 N–H and O–H groups in total. The number of hydrogen-bond acceptors (Lipinski definition) is 3. The highest BCUT2D eigenvalue weighted by Crippen LogP contribution is 2.39. The van der Waals surface area contributed by atoms with Crippen LogP contribution in [0.4, 0.5) is 13.2 Å². The monoisotopic (exact) mass is 323 g/mol. The highest BCUT2D eigenvalue weighted by Gasteiger charge is 2.35. The number of rotatable bonds is 2. The van der Waals surface area contributed by atoms with Crippen molar-refractivity contribution < 1.29 is 18.0 Å². The third-order valence-electron chi connectivity index (χ3n) is 4.68. The molecular formula is C16H16F3N3O. The molecule has 0 radical (unpaired) electrons. The zero-order valence-electron chi connectivity index (χ0n) is 12.6. The SMILES string of the molecule is COn1nc2c(c1-c1cc(F)c(F)c(F)c1)C[C@H]1CCC[C@@H]2N1. The molecule has 0 spiro atoms. The molecule has 3 heterocycles. The van der Waals surface area contributed by atoms with E-state index in [9.17, 15) is 13.2 Å². The molecular weight excluding hydrogens is 307 g/mol. The van der Waals surface area contributed by atoms with Crippen molar-refractivity contribution in [3.05, 3.63) is 40.8 Å². The minimum absolute atomic E-state index is 0.128. The summed E-state index contributed by atoms with van der Waals surface area (Å²) in [5.74, 6) is -3.90. The van der Waals surface area contributed by atoms with Crippen LogP contribution in [0.15, 0.2) is 12.1 Å². The fourth-order valence-corrected chi connectivity index (χ4v) is 3.68. The van der Waals surface area contributed by atoms with Crippen molar-refractivity contribution in [2.24, 2.45) is 0 Å². The second kappa shape index (κ2) is 5.26. The predicted octanol–water partition coefficient (Wildman–Crippen LogP) is 2.77. The van der Waals surface area contributed by atoms with Crippen molar-refractivity contribution in [1.29, 1.82) is 0 Å². The molecule has 4 nitrogen and oxygen atoms in total. The Morgan fingerprint density at radius 3 is 2.65 bits per heavy atom. The van der Waals surface area contributed by atoms with Gasteiger partial charge in [0.15, 0.2) is 17.5 Å². The van der Waals surface area contributed by atoms with Crippen LogP contribution in [-0.4, -0.2) is 23.1 Å². The van der Waals surface area contributed by atoms with Gasteiger partial charge in [-0.25, -0.2) is 13.2 Å². The van der Waals surface area contributed by atoms with Gasteiger partial charge in [-0.2, -0.15) is 0 Å². The fraction of sp³-hybridized carbons (Fsp3) is 0.438. The second-order valence-electron chi connectivity index (χ2n) is 6.07. The number of nitrogens with one attached hydrogen (secondary N) is 1. The molecule has 23 heavy (non-hydrogen) atoms. The maximum Gasteiger partial charge on any atom is 0.194 e. The van der Waals surface area contributed by atoms with Crippen molar-refractivity contribution in [1.82, 2.24) is 15.3 Å². The zero-order valence-corrected chi connectivity index (χ0v) is 12.6. The summed E-state index contributed by atoms with van der Waals surface area (Å²) < 4.78 is 40.5. The lowest BCUT2D eigenvalue weighted by atomic mass is 9.84. The normalized spacial score (nSPS) is 22.8. The summed E-state index contributed by atoms with van der Waals surface area (Å²) >= 11 is 0. The number of aromatic nitrogens is 2. The Bertz CT molecular complexity index is 751. The van der Waals surface area contributed by atoms with E-state index in [1.807, 2.05) is 0 Å². The summed E-state index contributed by atoms with van der Waals surface area (Å²) in [6.45, 7) is 0. The van der Waals surface area contributed by atoms with E-state index < -0.39 is 17.5 Å². The molecule has 2 bridgehead atoms. The summed E-state index contributed by atoms with van der Waals surface area (Å²) in [5, 5.41) is 7.96. The summed E-state index contributed by atoms with van der Waals surface area (Å²) in [7, 11) is 1.44.